The molecule has 0 aliphatic carbocycles. The Morgan fingerprint density at radius 2 is 0.830 bits per heavy atom. The number of unbranched alkanes of at least 4 members (excludes halogenated alkanes) is 24. The van der Waals surface area contributed by atoms with Crippen molar-refractivity contribution in [3.8, 4) is 0 Å². The van der Waals surface area contributed by atoms with Gasteiger partial charge in [0.25, 0.3) is 0 Å². The molecule has 0 saturated carbocycles. The van der Waals surface area contributed by atoms with Gasteiger partial charge in [-0.05, 0) is 64.2 Å². The molecule has 0 spiro atoms. The molecule has 1 aliphatic rings. The Morgan fingerprint density at radius 1 is 0.468 bits per heavy atom. The van der Waals surface area contributed by atoms with Crippen molar-refractivity contribution in [3.05, 3.63) is 24.3 Å². The van der Waals surface area contributed by atoms with Crippen molar-refractivity contribution in [3.63, 3.8) is 0 Å². The van der Waals surface area contributed by atoms with Crippen LogP contribution in [0.15, 0.2) is 24.3 Å². The topological polar surface area (TPSA) is 18.5 Å². The first-order valence-electron chi connectivity index (χ1n) is 21.5. The summed E-state index contributed by atoms with van der Waals surface area (Å²) in [5, 5.41) is 0. The van der Waals surface area contributed by atoms with E-state index >= 15 is 0 Å². The van der Waals surface area contributed by atoms with Crippen LogP contribution in [0.5, 0.6) is 0 Å². The molecule has 1 saturated heterocycles. The van der Waals surface area contributed by atoms with Crippen LogP contribution in [-0.2, 0) is 9.47 Å². The molecule has 0 aromatic carbocycles. The summed E-state index contributed by atoms with van der Waals surface area (Å²) in [6.45, 7) is 10.9. The molecule has 1 fully saturated rings. The first-order valence-corrected chi connectivity index (χ1v) is 21.5. The van der Waals surface area contributed by atoms with Crippen molar-refractivity contribution >= 4 is 0 Å². The summed E-state index contributed by atoms with van der Waals surface area (Å²) in [7, 11) is 2.43. The van der Waals surface area contributed by atoms with Crippen LogP contribution >= 0.6 is 0 Å². The van der Waals surface area contributed by atoms with Crippen LogP contribution in [0.3, 0.4) is 0 Å². The van der Waals surface area contributed by atoms with E-state index in [0.29, 0.717) is 0 Å². The fourth-order valence-electron chi connectivity index (χ4n) is 7.19. The lowest BCUT2D eigenvalue weighted by atomic mass is 10.1. The molecule has 278 valence electrons. The Labute approximate surface area is 296 Å². The third-order valence-electron chi connectivity index (χ3n) is 10.4. The normalized spacial score (nSPS) is 15.5. The first-order chi connectivity index (χ1) is 23.2. The maximum atomic E-state index is 6.47. The molecule has 3 heteroatoms. The largest absolute Gasteiger partial charge is 0.379 e. The number of nitrogens with zero attached hydrogens (tertiary/aromatic N) is 1. The third kappa shape index (κ3) is 31.1. The second-order valence-corrected chi connectivity index (χ2v) is 15.4. The van der Waals surface area contributed by atoms with E-state index in [0.717, 1.165) is 26.4 Å². The van der Waals surface area contributed by atoms with Gasteiger partial charge >= 0.3 is 0 Å². The maximum absolute atomic E-state index is 6.47. The Morgan fingerprint density at radius 3 is 1.26 bits per heavy atom. The summed E-state index contributed by atoms with van der Waals surface area (Å²) >= 11 is 0. The first kappa shape index (κ1) is 44.4. The highest BCUT2D eigenvalue weighted by atomic mass is 16.5. The fraction of sp³-hybridized carbons (Fsp3) is 0.909. The number of hydrogen-bond donors (Lipinski definition) is 0. The molecule has 1 aliphatic heterocycles. The predicted molar refractivity (Wildman–Crippen MR) is 209 cm³/mol. The van der Waals surface area contributed by atoms with E-state index in [1.807, 2.05) is 0 Å². The van der Waals surface area contributed by atoms with Gasteiger partial charge in [-0.1, -0.05) is 154 Å². The molecule has 0 amide bonds. The minimum atomic E-state index is 0.260. The van der Waals surface area contributed by atoms with Crippen molar-refractivity contribution in [2.75, 3.05) is 46.5 Å². The lowest BCUT2D eigenvalue weighted by Crippen LogP contribution is -2.48. The Balaban J connectivity index is 1.99. The van der Waals surface area contributed by atoms with E-state index in [-0.39, 0.29) is 6.10 Å². The van der Waals surface area contributed by atoms with Crippen LogP contribution in [0.2, 0.25) is 0 Å². The molecule has 0 bridgehead atoms. The fourth-order valence-corrected chi connectivity index (χ4v) is 7.19. The second kappa shape index (κ2) is 35.2. The highest BCUT2D eigenvalue weighted by Gasteiger charge is 2.30. The van der Waals surface area contributed by atoms with Gasteiger partial charge in [0.1, 0.15) is 12.6 Å². The smallest absolute Gasteiger partial charge is 0.130 e. The van der Waals surface area contributed by atoms with Gasteiger partial charge in [-0.3, -0.25) is 0 Å². The zero-order chi connectivity index (χ0) is 33.8. The van der Waals surface area contributed by atoms with E-state index in [1.54, 1.807) is 0 Å². The van der Waals surface area contributed by atoms with Crippen molar-refractivity contribution in [2.24, 2.45) is 0 Å². The lowest BCUT2D eigenvalue weighted by Gasteiger charge is -2.33. The number of hydrogen-bond acceptors (Lipinski definition) is 2. The van der Waals surface area contributed by atoms with E-state index in [9.17, 15) is 0 Å². The van der Waals surface area contributed by atoms with Crippen molar-refractivity contribution in [1.82, 2.24) is 0 Å². The Bertz CT molecular complexity index is 668. The summed E-state index contributed by atoms with van der Waals surface area (Å²) in [4.78, 5) is 0. The number of rotatable bonds is 37. The summed E-state index contributed by atoms with van der Waals surface area (Å²) in [6, 6.07) is 0. The number of likely N-dealkylation sites (tertiary alicyclic amines) is 1. The molecule has 1 unspecified atom stereocenters. The maximum Gasteiger partial charge on any atom is 0.130 e. The Hall–Kier alpha value is -0.640. The molecular weight excluding hydrogens is 574 g/mol. The average molecular weight is 661 g/mol. The van der Waals surface area contributed by atoms with E-state index in [2.05, 4.69) is 45.2 Å². The van der Waals surface area contributed by atoms with Gasteiger partial charge in [-0.25, -0.2) is 0 Å². The number of ether oxygens (including phenoxy) is 2. The summed E-state index contributed by atoms with van der Waals surface area (Å²) in [5.41, 5.74) is 0. The van der Waals surface area contributed by atoms with Crippen molar-refractivity contribution in [2.45, 2.75) is 213 Å². The van der Waals surface area contributed by atoms with E-state index in [1.165, 1.54) is 210 Å². The molecule has 0 aromatic heterocycles. The zero-order valence-corrected chi connectivity index (χ0v) is 32.6. The number of allylic oxidation sites excluding steroid dienone is 4. The van der Waals surface area contributed by atoms with Gasteiger partial charge in [-0.15, -0.1) is 0 Å². The average Bonchev–Trinajstić information content (AvgIpc) is 3.51. The molecule has 1 atom stereocenters. The van der Waals surface area contributed by atoms with Crippen molar-refractivity contribution < 1.29 is 14.0 Å². The molecular formula is C44H86NO2+. The molecule has 47 heavy (non-hydrogen) atoms. The SMILES string of the molecule is CCCCCCCCC=CCCCCCCCCOCC(C[N+]1(C)CCCC1)OCCCCCCCCC=CCCCCCCCC. The number of quaternary nitrogens is 1. The minimum absolute atomic E-state index is 0.260. The quantitative estimate of drug-likeness (QED) is 0.0375. The van der Waals surface area contributed by atoms with Crippen LogP contribution in [0.1, 0.15) is 206 Å². The molecule has 3 nitrogen and oxygen atoms in total. The minimum Gasteiger partial charge on any atom is -0.379 e. The summed E-state index contributed by atoms with van der Waals surface area (Å²) < 4.78 is 13.8. The molecule has 0 aromatic rings. The van der Waals surface area contributed by atoms with Gasteiger partial charge in [0.15, 0.2) is 0 Å². The molecule has 0 radical (unpaired) electrons. The molecule has 1 rings (SSSR count). The Kier molecular flexibility index (Phi) is 33.2. The van der Waals surface area contributed by atoms with Gasteiger partial charge in [0.2, 0.25) is 0 Å². The van der Waals surface area contributed by atoms with E-state index < -0.39 is 0 Å². The monoisotopic (exact) mass is 661 g/mol. The summed E-state index contributed by atoms with van der Waals surface area (Å²) in [5.74, 6) is 0. The standard InChI is InChI=1S/C44H86NO2/c1-4-6-8-10-12-14-16-18-20-22-24-26-28-30-32-36-40-46-43-44(42-45(3)38-34-35-39-45)47-41-37-33-31-29-27-25-23-21-19-17-15-13-11-9-7-5-2/h18-21,44H,4-17,22-43H2,1-3H3/q+1. The van der Waals surface area contributed by atoms with Crippen LogP contribution in [0.4, 0.5) is 0 Å². The lowest BCUT2D eigenvalue weighted by molar-refractivity contribution is -0.900. The predicted octanol–water partition coefficient (Wildman–Crippen LogP) is 13.7. The van der Waals surface area contributed by atoms with Crippen LogP contribution < -0.4 is 0 Å². The summed E-state index contributed by atoms with van der Waals surface area (Å²) in [6.07, 6.45) is 50.6. The van der Waals surface area contributed by atoms with Crippen LogP contribution in [0, 0.1) is 0 Å². The van der Waals surface area contributed by atoms with Crippen LogP contribution in [0.25, 0.3) is 0 Å². The second-order valence-electron chi connectivity index (χ2n) is 15.4. The van der Waals surface area contributed by atoms with Gasteiger partial charge in [-0.2, -0.15) is 0 Å². The molecule has 1 heterocycles. The highest BCUT2D eigenvalue weighted by Crippen LogP contribution is 2.19. The highest BCUT2D eigenvalue weighted by molar-refractivity contribution is 4.82. The van der Waals surface area contributed by atoms with E-state index in [4.69, 9.17) is 9.47 Å². The van der Waals surface area contributed by atoms with Crippen LogP contribution in [-0.4, -0.2) is 57.1 Å². The molecule has 0 N–H and O–H groups in total. The van der Waals surface area contributed by atoms with Gasteiger partial charge < -0.3 is 14.0 Å². The van der Waals surface area contributed by atoms with Crippen molar-refractivity contribution in [1.29, 1.82) is 0 Å². The number of likely N-dealkylation sites (N-methyl/N-ethyl adjacent to an activating group) is 1. The zero-order valence-electron chi connectivity index (χ0n) is 32.6. The van der Waals surface area contributed by atoms with Gasteiger partial charge in [0, 0.05) is 26.1 Å². The third-order valence-corrected chi connectivity index (χ3v) is 10.4. The van der Waals surface area contributed by atoms with Gasteiger partial charge in [0.05, 0.1) is 26.7 Å².